The zero-order valence-electron chi connectivity index (χ0n) is 8.54. The lowest BCUT2D eigenvalue weighted by Gasteiger charge is -2.02. The Morgan fingerprint density at radius 1 is 1.41 bits per heavy atom. The van der Waals surface area contributed by atoms with Gasteiger partial charge in [0, 0.05) is 23.2 Å². The zero-order chi connectivity index (χ0) is 12.7. The van der Waals surface area contributed by atoms with E-state index in [1.165, 1.54) is 11.3 Å². The second-order valence-corrected chi connectivity index (χ2v) is 3.78. The van der Waals surface area contributed by atoms with E-state index < -0.39 is 17.9 Å². The predicted molar refractivity (Wildman–Crippen MR) is 59.3 cm³/mol. The molecule has 0 radical (unpaired) electrons. The molecule has 0 aliphatic heterocycles. The fourth-order valence-corrected chi connectivity index (χ4v) is 1.38. The van der Waals surface area contributed by atoms with Gasteiger partial charge in [-0.15, -0.1) is 11.3 Å². The molecular formula is C9H9N3O4S. The molecule has 0 aromatic carbocycles. The lowest BCUT2D eigenvalue weighted by atomic mass is 10.4. The van der Waals surface area contributed by atoms with E-state index in [9.17, 15) is 14.4 Å². The van der Waals surface area contributed by atoms with Crippen molar-refractivity contribution in [2.24, 2.45) is 0 Å². The molecule has 0 atom stereocenters. The number of urea groups is 1. The summed E-state index contributed by atoms with van der Waals surface area (Å²) in [5, 5.41) is 12.6. The minimum atomic E-state index is -1.26. The average Bonchev–Trinajstić information content (AvgIpc) is 2.76. The van der Waals surface area contributed by atoms with E-state index >= 15 is 0 Å². The van der Waals surface area contributed by atoms with Gasteiger partial charge in [-0.25, -0.2) is 9.59 Å². The van der Waals surface area contributed by atoms with Crippen molar-refractivity contribution < 1.29 is 19.5 Å². The summed E-state index contributed by atoms with van der Waals surface area (Å²) in [6.45, 7) is 0.256. The predicted octanol–water partition coefficient (Wildman–Crippen LogP) is 0.110. The van der Waals surface area contributed by atoms with Gasteiger partial charge >= 0.3 is 12.0 Å². The highest BCUT2D eigenvalue weighted by atomic mass is 32.1. The van der Waals surface area contributed by atoms with Gasteiger partial charge in [-0.3, -0.25) is 15.1 Å². The summed E-state index contributed by atoms with van der Waals surface area (Å²) < 4.78 is 0. The van der Waals surface area contributed by atoms with Crippen molar-refractivity contribution in [2.45, 2.75) is 6.54 Å². The number of imide groups is 1. The van der Waals surface area contributed by atoms with E-state index in [-0.39, 0.29) is 6.54 Å². The summed E-state index contributed by atoms with van der Waals surface area (Å²) in [7, 11) is 0. The van der Waals surface area contributed by atoms with Crippen LogP contribution < -0.4 is 10.6 Å². The van der Waals surface area contributed by atoms with Gasteiger partial charge in [0.2, 0.25) is 0 Å². The van der Waals surface area contributed by atoms with Crippen LogP contribution in [-0.4, -0.2) is 28.0 Å². The fraction of sp³-hybridized carbons (Fsp3) is 0.111. The molecule has 0 fully saturated rings. The smallest absolute Gasteiger partial charge is 0.328 e. The number of carbonyl (C=O) groups excluding carboxylic acids is 2. The van der Waals surface area contributed by atoms with E-state index in [1.54, 1.807) is 11.7 Å². The van der Waals surface area contributed by atoms with Crippen molar-refractivity contribution in [3.63, 3.8) is 0 Å². The molecule has 17 heavy (non-hydrogen) atoms. The number of hydrogen-bond donors (Lipinski definition) is 3. The molecular weight excluding hydrogens is 246 g/mol. The van der Waals surface area contributed by atoms with Crippen LogP contribution in [0.3, 0.4) is 0 Å². The maximum Gasteiger partial charge on any atom is 0.328 e. The number of thiazole rings is 1. The van der Waals surface area contributed by atoms with Crippen molar-refractivity contribution in [3.05, 3.63) is 28.7 Å². The van der Waals surface area contributed by atoms with Crippen LogP contribution in [0, 0.1) is 0 Å². The molecule has 1 rings (SSSR count). The van der Waals surface area contributed by atoms with Crippen molar-refractivity contribution in [2.75, 3.05) is 0 Å². The Balaban J connectivity index is 2.29. The highest BCUT2D eigenvalue weighted by Gasteiger charge is 2.05. The molecule has 1 aromatic heterocycles. The second-order valence-electron chi connectivity index (χ2n) is 2.81. The van der Waals surface area contributed by atoms with Gasteiger partial charge in [0.1, 0.15) is 0 Å². The molecule has 0 saturated carbocycles. The number of carboxylic acids is 1. The number of amides is 3. The molecule has 0 unspecified atom stereocenters. The standard InChI is InChI=1S/C9H9N3O4S/c13-7(1-2-8(14)15)12-9(16)11-4-6-3-10-5-17-6/h1-3,5H,4H2,(H,14,15)(H2,11,12,13,16)/b2-1+. The Kier molecular flexibility index (Phi) is 4.82. The lowest BCUT2D eigenvalue weighted by molar-refractivity contribution is -0.131. The summed E-state index contributed by atoms with van der Waals surface area (Å²) in [6.07, 6.45) is 3.00. The van der Waals surface area contributed by atoms with Gasteiger partial charge in [0.15, 0.2) is 0 Å². The third kappa shape index (κ3) is 5.42. The van der Waals surface area contributed by atoms with E-state index in [1.807, 2.05) is 5.32 Å². The minimum absolute atomic E-state index is 0.256. The third-order valence-corrected chi connectivity index (χ3v) is 2.30. The summed E-state index contributed by atoms with van der Waals surface area (Å²) in [5.74, 6) is -2.06. The molecule has 90 valence electrons. The molecule has 0 aliphatic carbocycles. The number of carboxylic acid groups (broad SMARTS) is 1. The van der Waals surface area contributed by atoms with E-state index in [4.69, 9.17) is 5.11 Å². The van der Waals surface area contributed by atoms with Gasteiger partial charge < -0.3 is 10.4 Å². The number of nitrogens with zero attached hydrogens (tertiary/aromatic N) is 1. The number of carbonyl (C=O) groups is 3. The Hall–Kier alpha value is -2.22. The topological polar surface area (TPSA) is 108 Å². The maximum absolute atomic E-state index is 11.2. The van der Waals surface area contributed by atoms with Gasteiger partial charge in [-0.1, -0.05) is 0 Å². The molecule has 0 saturated heterocycles. The summed E-state index contributed by atoms with van der Waals surface area (Å²) in [4.78, 5) is 36.9. The van der Waals surface area contributed by atoms with E-state index in [0.717, 1.165) is 11.0 Å². The fourth-order valence-electron chi connectivity index (χ4n) is 0.842. The number of hydrogen-bond acceptors (Lipinski definition) is 5. The molecule has 1 aromatic rings. The van der Waals surface area contributed by atoms with Crippen LogP contribution in [0.4, 0.5) is 4.79 Å². The molecule has 3 amide bonds. The quantitative estimate of drug-likeness (QED) is 0.662. The molecule has 0 bridgehead atoms. The van der Waals surface area contributed by atoms with Crippen LogP contribution in [0.15, 0.2) is 23.9 Å². The largest absolute Gasteiger partial charge is 0.478 e. The Morgan fingerprint density at radius 3 is 2.76 bits per heavy atom. The molecule has 8 heteroatoms. The first-order valence-corrected chi connectivity index (χ1v) is 5.33. The first-order valence-electron chi connectivity index (χ1n) is 4.45. The number of aromatic nitrogens is 1. The van der Waals surface area contributed by atoms with Crippen molar-refractivity contribution in [1.29, 1.82) is 0 Å². The minimum Gasteiger partial charge on any atom is -0.478 e. The van der Waals surface area contributed by atoms with Crippen molar-refractivity contribution in [1.82, 2.24) is 15.6 Å². The number of aliphatic carboxylic acids is 1. The summed E-state index contributed by atoms with van der Waals surface area (Å²) >= 11 is 1.37. The second kappa shape index (κ2) is 6.38. The molecule has 0 aliphatic rings. The first-order chi connectivity index (χ1) is 8.08. The number of nitrogens with one attached hydrogen (secondary N) is 2. The molecule has 1 heterocycles. The van der Waals surface area contributed by atoms with Crippen LogP contribution >= 0.6 is 11.3 Å². The van der Waals surface area contributed by atoms with Gasteiger partial charge in [0.05, 0.1) is 12.1 Å². The van der Waals surface area contributed by atoms with Gasteiger partial charge in [0.25, 0.3) is 5.91 Å². The molecule has 0 spiro atoms. The Morgan fingerprint density at radius 2 is 2.18 bits per heavy atom. The number of rotatable bonds is 4. The van der Waals surface area contributed by atoms with Crippen LogP contribution in [0.1, 0.15) is 4.88 Å². The van der Waals surface area contributed by atoms with Gasteiger partial charge in [-0.2, -0.15) is 0 Å². The normalized spacial score (nSPS) is 10.1. The Bertz CT molecular complexity index is 441. The highest BCUT2D eigenvalue weighted by molar-refractivity contribution is 7.09. The van der Waals surface area contributed by atoms with Gasteiger partial charge in [-0.05, 0) is 0 Å². The monoisotopic (exact) mass is 255 g/mol. The van der Waals surface area contributed by atoms with Crippen LogP contribution in [0.5, 0.6) is 0 Å². The highest BCUT2D eigenvalue weighted by Crippen LogP contribution is 2.03. The summed E-state index contributed by atoms with van der Waals surface area (Å²) in [5.41, 5.74) is 1.62. The average molecular weight is 255 g/mol. The first kappa shape index (κ1) is 12.8. The van der Waals surface area contributed by atoms with Crippen LogP contribution in [0.25, 0.3) is 0 Å². The zero-order valence-corrected chi connectivity index (χ0v) is 9.36. The molecule has 3 N–H and O–H groups in total. The molecule has 7 nitrogen and oxygen atoms in total. The van der Waals surface area contributed by atoms with E-state index in [0.29, 0.717) is 6.08 Å². The maximum atomic E-state index is 11.2. The third-order valence-electron chi connectivity index (χ3n) is 1.52. The summed E-state index contributed by atoms with van der Waals surface area (Å²) in [6, 6.07) is -0.696. The Labute approximate surface area is 100 Å². The van der Waals surface area contributed by atoms with E-state index in [2.05, 4.69) is 10.3 Å². The van der Waals surface area contributed by atoms with Crippen molar-refractivity contribution >= 4 is 29.2 Å². The van der Waals surface area contributed by atoms with Crippen molar-refractivity contribution in [3.8, 4) is 0 Å². The lowest BCUT2D eigenvalue weighted by Crippen LogP contribution is -2.38. The SMILES string of the molecule is O=C(O)/C=C/C(=O)NC(=O)NCc1cncs1. The van der Waals surface area contributed by atoms with Crippen LogP contribution in [-0.2, 0) is 16.1 Å². The van der Waals surface area contributed by atoms with Crippen LogP contribution in [0.2, 0.25) is 0 Å².